The molecule has 0 N–H and O–H groups in total. The Bertz CT molecular complexity index is 475. The number of hydrogen-bond acceptors (Lipinski definition) is 5. The minimum absolute atomic E-state index is 0.0399. The predicted molar refractivity (Wildman–Crippen MR) is 77.0 cm³/mol. The Hall–Kier alpha value is -1.08. The molecule has 0 saturated carbocycles. The van der Waals surface area contributed by atoms with Crippen LogP contribution in [0.25, 0.3) is 0 Å². The minimum atomic E-state index is -0.0399. The van der Waals surface area contributed by atoms with Crippen LogP contribution in [0.5, 0.6) is 0 Å². The first-order valence-corrected chi connectivity index (χ1v) is 8.16. The van der Waals surface area contributed by atoms with E-state index < -0.39 is 0 Å². The first-order chi connectivity index (χ1) is 9.10. The van der Waals surface area contributed by atoms with Gasteiger partial charge in [-0.25, -0.2) is 4.98 Å². The zero-order valence-electron chi connectivity index (χ0n) is 11.1. The molecule has 0 spiro atoms. The molecule has 1 aliphatic rings. The van der Waals surface area contributed by atoms with Crippen molar-refractivity contribution in [2.75, 3.05) is 25.2 Å². The van der Waals surface area contributed by atoms with E-state index in [0.29, 0.717) is 18.2 Å². The predicted octanol–water partition coefficient (Wildman–Crippen LogP) is 1.20. The van der Waals surface area contributed by atoms with Crippen LogP contribution >= 0.6 is 23.1 Å². The van der Waals surface area contributed by atoms with Gasteiger partial charge in [-0.1, -0.05) is 6.92 Å². The highest BCUT2D eigenvalue weighted by Gasteiger charge is 2.24. The van der Waals surface area contributed by atoms with Crippen molar-refractivity contribution in [3.8, 4) is 0 Å². The summed E-state index contributed by atoms with van der Waals surface area (Å²) in [5, 5.41) is 3.07. The fourth-order valence-corrected chi connectivity index (χ4v) is 3.38. The van der Waals surface area contributed by atoms with Gasteiger partial charge in [0.1, 0.15) is 6.54 Å². The Morgan fingerprint density at radius 3 is 2.95 bits per heavy atom. The third kappa shape index (κ3) is 3.70. The average molecular weight is 299 g/mol. The van der Waals surface area contributed by atoms with Crippen molar-refractivity contribution in [2.45, 2.75) is 19.9 Å². The molecule has 0 radical (unpaired) electrons. The molecule has 0 unspecified atom stereocenters. The van der Waals surface area contributed by atoms with E-state index in [1.165, 1.54) is 0 Å². The van der Waals surface area contributed by atoms with Crippen molar-refractivity contribution in [1.82, 2.24) is 14.8 Å². The lowest BCUT2D eigenvalue weighted by molar-refractivity contribution is -0.137. The van der Waals surface area contributed by atoms with Crippen LogP contribution in [0.4, 0.5) is 0 Å². The minimum Gasteiger partial charge on any atom is -0.338 e. The Morgan fingerprint density at radius 2 is 2.37 bits per heavy atom. The van der Waals surface area contributed by atoms with Gasteiger partial charge >= 0.3 is 0 Å². The number of amides is 2. The Morgan fingerprint density at radius 1 is 1.58 bits per heavy atom. The number of thioether (sulfide) groups is 1. The number of likely N-dealkylation sites (N-methyl/N-ethyl adjacent to an activating group) is 1. The van der Waals surface area contributed by atoms with Crippen LogP contribution in [0.2, 0.25) is 0 Å². The molecular weight excluding hydrogens is 282 g/mol. The normalized spacial score (nSPS) is 15.1. The zero-order chi connectivity index (χ0) is 13.8. The van der Waals surface area contributed by atoms with Gasteiger partial charge in [0.25, 0.3) is 0 Å². The van der Waals surface area contributed by atoms with E-state index in [9.17, 15) is 9.59 Å². The van der Waals surface area contributed by atoms with Crippen molar-refractivity contribution in [2.24, 2.45) is 0 Å². The molecular formula is C12H17N3O2S2. The average Bonchev–Trinajstić information content (AvgIpc) is 2.99. The number of aromatic nitrogens is 1. The van der Waals surface area contributed by atoms with Crippen LogP contribution in [0.15, 0.2) is 5.38 Å². The van der Waals surface area contributed by atoms with Gasteiger partial charge in [-0.15, -0.1) is 23.1 Å². The number of nitrogens with zero attached hydrogens (tertiary/aromatic N) is 3. The molecule has 5 nitrogen and oxygen atoms in total. The molecule has 1 aliphatic heterocycles. The second kappa shape index (κ2) is 6.38. The van der Waals surface area contributed by atoms with Gasteiger partial charge in [-0.05, 0) is 6.42 Å². The molecule has 1 fully saturated rings. The van der Waals surface area contributed by atoms with Crippen LogP contribution < -0.4 is 0 Å². The maximum Gasteiger partial charge on any atom is 0.242 e. The third-order valence-corrected chi connectivity index (χ3v) is 4.87. The number of carbonyl (C=O) groups is 2. The van der Waals surface area contributed by atoms with E-state index in [1.54, 1.807) is 39.9 Å². The monoisotopic (exact) mass is 299 g/mol. The molecule has 1 aromatic heterocycles. The molecule has 1 aromatic rings. The van der Waals surface area contributed by atoms with Crippen LogP contribution in [0, 0.1) is 0 Å². The largest absolute Gasteiger partial charge is 0.338 e. The van der Waals surface area contributed by atoms with Gasteiger partial charge in [0, 0.05) is 12.4 Å². The summed E-state index contributed by atoms with van der Waals surface area (Å²) in [7, 11) is 1.75. The second-order valence-corrected chi connectivity index (χ2v) is 6.30. The Balaban J connectivity index is 1.86. The highest BCUT2D eigenvalue weighted by molar-refractivity contribution is 8.00. The van der Waals surface area contributed by atoms with Crippen molar-refractivity contribution in [3.63, 3.8) is 0 Å². The molecule has 0 aromatic carbocycles. The summed E-state index contributed by atoms with van der Waals surface area (Å²) in [5.74, 6) is 1.12. The maximum absolute atomic E-state index is 12.0. The van der Waals surface area contributed by atoms with E-state index in [-0.39, 0.29) is 18.4 Å². The van der Waals surface area contributed by atoms with Crippen LogP contribution in [-0.2, 0) is 22.6 Å². The fourth-order valence-electron chi connectivity index (χ4n) is 1.74. The van der Waals surface area contributed by atoms with Gasteiger partial charge in [0.15, 0.2) is 0 Å². The third-order valence-electron chi connectivity index (χ3n) is 2.88. The van der Waals surface area contributed by atoms with E-state index in [1.807, 2.05) is 5.38 Å². The number of carbonyl (C=O) groups excluding carboxylic acids is 2. The molecule has 2 rings (SSSR count). The number of thiazole rings is 1. The van der Waals surface area contributed by atoms with Crippen molar-refractivity contribution in [1.29, 1.82) is 0 Å². The van der Waals surface area contributed by atoms with Crippen molar-refractivity contribution < 1.29 is 9.59 Å². The standard InChI is InChI=1S/C12H17N3O2S2/c1-3-10-13-9(6-19-10)4-14(2)11(16)5-15-8-18-7-12(15)17/h6H,3-5,7-8H2,1-2H3. The van der Waals surface area contributed by atoms with E-state index in [4.69, 9.17) is 0 Å². The summed E-state index contributed by atoms with van der Waals surface area (Å²) in [6.45, 7) is 2.74. The summed E-state index contributed by atoms with van der Waals surface area (Å²) in [5.41, 5.74) is 0.917. The highest BCUT2D eigenvalue weighted by Crippen LogP contribution is 2.15. The fraction of sp³-hybridized carbons (Fsp3) is 0.583. The highest BCUT2D eigenvalue weighted by atomic mass is 32.2. The van der Waals surface area contributed by atoms with Crippen LogP contribution in [-0.4, -0.2) is 51.8 Å². The van der Waals surface area contributed by atoms with Crippen LogP contribution in [0.1, 0.15) is 17.6 Å². The van der Waals surface area contributed by atoms with Crippen molar-refractivity contribution >= 4 is 34.9 Å². The lowest BCUT2D eigenvalue weighted by Crippen LogP contribution is -2.38. The molecule has 104 valence electrons. The summed E-state index contributed by atoms with van der Waals surface area (Å²) in [4.78, 5) is 31.1. The lowest BCUT2D eigenvalue weighted by Gasteiger charge is -2.20. The smallest absolute Gasteiger partial charge is 0.242 e. The summed E-state index contributed by atoms with van der Waals surface area (Å²) >= 11 is 3.17. The van der Waals surface area contributed by atoms with E-state index >= 15 is 0 Å². The molecule has 2 amide bonds. The SMILES string of the molecule is CCc1nc(CN(C)C(=O)CN2CSCC2=O)cs1. The zero-order valence-corrected chi connectivity index (χ0v) is 12.7. The quantitative estimate of drug-likeness (QED) is 0.820. The molecule has 19 heavy (non-hydrogen) atoms. The van der Waals surface area contributed by atoms with Crippen LogP contribution in [0.3, 0.4) is 0 Å². The first-order valence-electron chi connectivity index (χ1n) is 6.13. The molecule has 1 saturated heterocycles. The molecule has 0 atom stereocenters. The van der Waals surface area contributed by atoms with Gasteiger partial charge in [-0.3, -0.25) is 9.59 Å². The Labute approximate surface area is 121 Å². The maximum atomic E-state index is 12.0. The first kappa shape index (κ1) is 14.3. The van der Waals surface area contributed by atoms with Gasteiger partial charge in [-0.2, -0.15) is 0 Å². The van der Waals surface area contributed by atoms with Gasteiger partial charge in [0.05, 0.1) is 28.9 Å². The number of aryl methyl sites for hydroxylation is 1. The van der Waals surface area contributed by atoms with Crippen molar-refractivity contribution in [3.05, 3.63) is 16.1 Å². The molecule has 2 heterocycles. The molecule has 0 aliphatic carbocycles. The molecule has 0 bridgehead atoms. The molecule has 7 heteroatoms. The van der Waals surface area contributed by atoms with E-state index in [0.717, 1.165) is 17.1 Å². The summed E-state index contributed by atoms with van der Waals surface area (Å²) in [6, 6.07) is 0. The second-order valence-electron chi connectivity index (χ2n) is 4.41. The number of hydrogen-bond donors (Lipinski definition) is 0. The number of rotatable bonds is 5. The summed E-state index contributed by atoms with van der Waals surface area (Å²) < 4.78 is 0. The van der Waals surface area contributed by atoms with E-state index in [2.05, 4.69) is 11.9 Å². The Kier molecular flexibility index (Phi) is 4.81. The van der Waals surface area contributed by atoms with Gasteiger partial charge < -0.3 is 9.80 Å². The lowest BCUT2D eigenvalue weighted by atomic mass is 10.4. The van der Waals surface area contributed by atoms with Gasteiger partial charge in [0.2, 0.25) is 11.8 Å². The summed E-state index contributed by atoms with van der Waals surface area (Å²) in [6.07, 6.45) is 0.918. The topological polar surface area (TPSA) is 53.5 Å².